The van der Waals surface area contributed by atoms with Crippen molar-refractivity contribution in [3.63, 3.8) is 0 Å². The molecule has 0 aromatic rings. The number of carbonyl (C=O) groups is 1. The van der Waals surface area contributed by atoms with Gasteiger partial charge in [-0.3, -0.25) is 4.79 Å². The van der Waals surface area contributed by atoms with E-state index < -0.39 is 0 Å². The highest BCUT2D eigenvalue weighted by atomic mass is 16.1. The lowest BCUT2D eigenvalue weighted by Crippen LogP contribution is -2.30. The van der Waals surface area contributed by atoms with E-state index in [0.717, 1.165) is 6.42 Å². The number of hydrogen-bond acceptors (Lipinski definition) is 1. The molecule has 74 valence electrons. The van der Waals surface area contributed by atoms with Crippen molar-refractivity contribution in [1.29, 1.82) is 0 Å². The second kappa shape index (κ2) is 3.28. The summed E-state index contributed by atoms with van der Waals surface area (Å²) in [7, 11) is 0. The molecule has 1 aliphatic rings. The van der Waals surface area contributed by atoms with Gasteiger partial charge in [-0.25, -0.2) is 0 Å². The molecule has 0 radical (unpaired) electrons. The van der Waals surface area contributed by atoms with Gasteiger partial charge in [0.15, 0.2) is 0 Å². The van der Waals surface area contributed by atoms with Gasteiger partial charge in [-0.05, 0) is 31.6 Å². The first-order valence-electron chi connectivity index (χ1n) is 5.03. The average molecular weight is 180 g/mol. The highest BCUT2D eigenvalue weighted by Gasteiger charge is 2.33. The van der Waals surface area contributed by atoms with E-state index in [9.17, 15) is 4.79 Å². The van der Waals surface area contributed by atoms with Gasteiger partial charge in [-0.15, -0.1) is 0 Å². The third-order valence-corrected chi connectivity index (χ3v) is 2.96. The Balaban J connectivity index is 2.97. The predicted molar refractivity (Wildman–Crippen MR) is 55.5 cm³/mol. The van der Waals surface area contributed by atoms with Crippen molar-refractivity contribution < 1.29 is 4.79 Å². The van der Waals surface area contributed by atoms with Gasteiger partial charge >= 0.3 is 0 Å². The molecule has 1 nitrogen and oxygen atoms in total. The Morgan fingerprint density at radius 2 is 2.08 bits per heavy atom. The van der Waals surface area contributed by atoms with Crippen LogP contribution in [-0.2, 0) is 4.79 Å². The fourth-order valence-corrected chi connectivity index (χ4v) is 2.88. The van der Waals surface area contributed by atoms with Crippen LogP contribution in [0, 0.1) is 17.3 Å². The van der Waals surface area contributed by atoms with Crippen molar-refractivity contribution in [2.45, 2.75) is 41.0 Å². The molecule has 13 heavy (non-hydrogen) atoms. The Morgan fingerprint density at radius 1 is 1.54 bits per heavy atom. The van der Waals surface area contributed by atoms with Crippen molar-refractivity contribution in [2.75, 3.05) is 0 Å². The maximum atomic E-state index is 11.4. The van der Waals surface area contributed by atoms with E-state index in [1.54, 1.807) is 6.92 Å². The van der Waals surface area contributed by atoms with E-state index in [1.807, 2.05) is 0 Å². The Morgan fingerprint density at radius 3 is 2.46 bits per heavy atom. The van der Waals surface area contributed by atoms with Gasteiger partial charge in [0.2, 0.25) is 0 Å². The molecule has 0 aliphatic heterocycles. The average Bonchev–Trinajstić information content (AvgIpc) is 1.78. The molecule has 0 fully saturated rings. The molecular weight excluding hydrogens is 160 g/mol. The van der Waals surface area contributed by atoms with Gasteiger partial charge in [0.1, 0.15) is 5.78 Å². The number of carbonyl (C=O) groups excluding carboxylic acids is 1. The third kappa shape index (κ3) is 2.20. The van der Waals surface area contributed by atoms with E-state index in [0.29, 0.717) is 11.7 Å². The first-order valence-corrected chi connectivity index (χ1v) is 5.03. The van der Waals surface area contributed by atoms with Crippen LogP contribution in [0.2, 0.25) is 0 Å². The largest absolute Gasteiger partial charge is 0.299 e. The summed E-state index contributed by atoms with van der Waals surface area (Å²) in [6, 6.07) is 0. The molecule has 0 aromatic carbocycles. The zero-order valence-corrected chi connectivity index (χ0v) is 9.35. The molecule has 0 saturated heterocycles. The molecule has 0 saturated carbocycles. The lowest BCUT2D eigenvalue weighted by Gasteiger charge is -2.36. The van der Waals surface area contributed by atoms with Gasteiger partial charge in [0.25, 0.3) is 0 Å². The number of allylic oxidation sites excluding steroid dienone is 2. The lowest BCUT2D eigenvalue weighted by atomic mass is 9.68. The van der Waals surface area contributed by atoms with Gasteiger partial charge in [0, 0.05) is 5.92 Å². The normalized spacial score (nSPS) is 32.5. The molecule has 0 aromatic heterocycles. The summed E-state index contributed by atoms with van der Waals surface area (Å²) in [6.45, 7) is 10.5. The first-order chi connectivity index (χ1) is 5.83. The summed E-state index contributed by atoms with van der Waals surface area (Å²) < 4.78 is 0. The predicted octanol–water partition coefficient (Wildman–Crippen LogP) is 3.20. The van der Waals surface area contributed by atoms with Crippen molar-refractivity contribution in [1.82, 2.24) is 0 Å². The second-order valence-corrected chi connectivity index (χ2v) is 5.15. The first kappa shape index (κ1) is 10.5. The Kier molecular flexibility index (Phi) is 2.65. The zero-order valence-electron chi connectivity index (χ0n) is 9.35. The van der Waals surface area contributed by atoms with Crippen LogP contribution in [0.25, 0.3) is 0 Å². The second-order valence-electron chi connectivity index (χ2n) is 5.15. The van der Waals surface area contributed by atoms with Crippen LogP contribution in [0.1, 0.15) is 41.0 Å². The standard InChI is InChI=1S/C12H20O/c1-8-6-12(4,5)7-9(2)11(8)10(3)13/h6,9,11H,7H2,1-5H3. The summed E-state index contributed by atoms with van der Waals surface area (Å²) in [5.41, 5.74) is 1.53. The van der Waals surface area contributed by atoms with Gasteiger partial charge in [0.05, 0.1) is 0 Å². The minimum atomic E-state index is 0.174. The van der Waals surface area contributed by atoms with Crippen molar-refractivity contribution in [3.8, 4) is 0 Å². The third-order valence-electron chi connectivity index (χ3n) is 2.96. The zero-order chi connectivity index (χ0) is 10.2. The van der Waals surface area contributed by atoms with E-state index in [4.69, 9.17) is 0 Å². The molecule has 0 N–H and O–H groups in total. The van der Waals surface area contributed by atoms with Gasteiger partial charge in [-0.1, -0.05) is 32.4 Å². The Bertz CT molecular complexity index is 248. The molecule has 1 rings (SSSR count). The fourth-order valence-electron chi connectivity index (χ4n) is 2.88. The van der Waals surface area contributed by atoms with Crippen molar-refractivity contribution >= 4 is 5.78 Å². The number of hydrogen-bond donors (Lipinski definition) is 0. The summed E-state index contributed by atoms with van der Waals surface area (Å²) in [5, 5.41) is 0. The highest BCUT2D eigenvalue weighted by molar-refractivity contribution is 5.81. The SMILES string of the molecule is CC(=O)C1C(C)=CC(C)(C)CC1C. The molecule has 1 aliphatic carbocycles. The van der Waals surface area contributed by atoms with E-state index >= 15 is 0 Å². The topological polar surface area (TPSA) is 17.1 Å². The fraction of sp³-hybridized carbons (Fsp3) is 0.750. The van der Waals surface area contributed by atoms with Gasteiger partial charge < -0.3 is 0 Å². The monoisotopic (exact) mass is 180 g/mol. The number of ketones is 1. The summed E-state index contributed by atoms with van der Waals surface area (Å²) in [6.07, 6.45) is 3.38. The van der Waals surface area contributed by atoms with Crippen LogP contribution in [0.3, 0.4) is 0 Å². The van der Waals surface area contributed by atoms with Gasteiger partial charge in [-0.2, -0.15) is 0 Å². The minimum Gasteiger partial charge on any atom is -0.299 e. The molecule has 1 heteroatoms. The van der Waals surface area contributed by atoms with Crippen LogP contribution in [0.4, 0.5) is 0 Å². The molecule has 0 spiro atoms. The highest BCUT2D eigenvalue weighted by Crippen LogP contribution is 2.40. The lowest BCUT2D eigenvalue weighted by molar-refractivity contribution is -0.121. The number of Topliss-reactive ketones (excluding diaryl/α,β-unsaturated/α-hetero) is 1. The van der Waals surface area contributed by atoms with E-state index in [1.165, 1.54) is 5.57 Å². The maximum absolute atomic E-state index is 11.4. The molecule has 0 amide bonds. The van der Waals surface area contributed by atoms with Crippen LogP contribution in [-0.4, -0.2) is 5.78 Å². The van der Waals surface area contributed by atoms with Crippen molar-refractivity contribution in [3.05, 3.63) is 11.6 Å². The van der Waals surface area contributed by atoms with Crippen LogP contribution < -0.4 is 0 Å². The smallest absolute Gasteiger partial charge is 0.137 e. The molecular formula is C12H20O. The summed E-state index contributed by atoms with van der Waals surface area (Å²) in [5.74, 6) is 0.988. The number of rotatable bonds is 1. The molecule has 2 unspecified atom stereocenters. The minimum absolute atomic E-state index is 0.174. The van der Waals surface area contributed by atoms with Crippen LogP contribution in [0.15, 0.2) is 11.6 Å². The van der Waals surface area contributed by atoms with Crippen LogP contribution in [0.5, 0.6) is 0 Å². The van der Waals surface area contributed by atoms with Crippen LogP contribution >= 0.6 is 0 Å². The van der Waals surface area contributed by atoms with E-state index in [-0.39, 0.29) is 11.3 Å². The van der Waals surface area contributed by atoms with E-state index in [2.05, 4.69) is 33.8 Å². The Labute approximate surface area is 81.2 Å². The maximum Gasteiger partial charge on any atom is 0.137 e. The molecule has 0 heterocycles. The Hall–Kier alpha value is -0.590. The molecule has 2 atom stereocenters. The molecule has 0 bridgehead atoms. The summed E-state index contributed by atoms with van der Waals surface area (Å²) in [4.78, 5) is 11.4. The quantitative estimate of drug-likeness (QED) is 0.566. The summed E-state index contributed by atoms with van der Waals surface area (Å²) >= 11 is 0. The van der Waals surface area contributed by atoms with Crippen molar-refractivity contribution in [2.24, 2.45) is 17.3 Å².